The number of fused-ring (bicyclic) bond motifs is 1. The summed E-state index contributed by atoms with van der Waals surface area (Å²) in [5.41, 5.74) is 2.01. The molecule has 0 unspecified atom stereocenters. The van der Waals surface area contributed by atoms with Crippen LogP contribution in [-0.2, 0) is 9.78 Å². The second-order valence-electron chi connectivity index (χ2n) is 11.9. The van der Waals surface area contributed by atoms with Gasteiger partial charge in [0, 0.05) is 47.2 Å². The lowest BCUT2D eigenvalue weighted by Gasteiger charge is -2.57. The molecule has 7 heteroatoms. The fourth-order valence-electron chi connectivity index (χ4n) is 7.65. The van der Waals surface area contributed by atoms with E-state index in [1.807, 2.05) is 30.5 Å². The topological polar surface area (TPSA) is 75.6 Å². The second kappa shape index (κ2) is 10.7. The van der Waals surface area contributed by atoms with Crippen LogP contribution in [0, 0.1) is 29.6 Å². The van der Waals surface area contributed by atoms with Crippen molar-refractivity contribution in [2.75, 3.05) is 25.0 Å². The molecule has 5 aliphatic carbocycles. The van der Waals surface area contributed by atoms with E-state index in [0.717, 1.165) is 92.5 Å². The van der Waals surface area contributed by atoms with Gasteiger partial charge in [-0.1, -0.05) is 11.6 Å². The quantitative estimate of drug-likeness (QED) is 0.158. The molecule has 36 heavy (non-hydrogen) atoms. The van der Waals surface area contributed by atoms with Gasteiger partial charge in [0.1, 0.15) is 0 Å². The second-order valence-corrected chi connectivity index (χ2v) is 12.3. The van der Waals surface area contributed by atoms with Crippen LogP contribution in [0.4, 0.5) is 5.69 Å². The molecule has 0 radical (unpaired) electrons. The number of anilines is 1. The van der Waals surface area contributed by atoms with E-state index in [2.05, 4.69) is 15.6 Å². The average molecular weight is 514 g/mol. The Kier molecular flexibility index (Phi) is 7.42. The molecule has 3 N–H and O–H groups in total. The first-order valence-electron chi connectivity index (χ1n) is 14.1. The molecule has 5 fully saturated rings. The van der Waals surface area contributed by atoms with Crippen molar-refractivity contribution in [1.29, 1.82) is 0 Å². The third-order valence-corrected chi connectivity index (χ3v) is 9.71. The molecule has 0 atom stereocenters. The van der Waals surface area contributed by atoms with Crippen molar-refractivity contribution in [3.05, 3.63) is 35.5 Å². The Hall–Kier alpha value is -1.44. The third-order valence-electron chi connectivity index (χ3n) is 9.47. The van der Waals surface area contributed by atoms with Gasteiger partial charge in [0.05, 0.1) is 11.6 Å². The number of hydrogen-bond acceptors (Lipinski definition) is 6. The fourth-order valence-corrected chi connectivity index (χ4v) is 7.82. The van der Waals surface area contributed by atoms with E-state index in [0.29, 0.717) is 5.02 Å². The maximum Gasteiger partial charge on any atom is 0.204 e. The number of rotatable bonds is 10. The minimum Gasteiger partial charge on any atom is -0.383 e. The molecule has 1 heterocycles. The molecular weight excluding hydrogens is 474 g/mol. The fraction of sp³-hybridized carbons (Fsp3) is 0.690. The molecule has 5 aliphatic rings. The lowest BCUT2D eigenvalue weighted by Crippen LogP contribution is -2.59. The van der Waals surface area contributed by atoms with Gasteiger partial charge >= 0.3 is 0 Å². The minimum atomic E-state index is -1.03. The first-order valence-corrected chi connectivity index (χ1v) is 14.5. The lowest BCUT2D eigenvalue weighted by molar-refractivity contribution is -0.481. The van der Waals surface area contributed by atoms with Gasteiger partial charge in [0.25, 0.3) is 0 Å². The van der Waals surface area contributed by atoms with Gasteiger partial charge in [0.15, 0.2) is 0 Å². The molecule has 4 bridgehead atoms. The minimum absolute atomic E-state index is 0.129. The number of benzene rings is 1. The van der Waals surface area contributed by atoms with E-state index in [1.165, 1.54) is 25.7 Å². The molecule has 0 saturated heterocycles. The zero-order valence-corrected chi connectivity index (χ0v) is 21.9. The zero-order valence-electron chi connectivity index (χ0n) is 21.1. The summed E-state index contributed by atoms with van der Waals surface area (Å²) in [6.07, 6.45) is 13.4. The monoisotopic (exact) mass is 513 g/mol. The highest BCUT2D eigenvalue weighted by Gasteiger charge is 2.58. The molecule has 1 aromatic carbocycles. The summed E-state index contributed by atoms with van der Waals surface area (Å²) in [6.45, 7) is 2.82. The van der Waals surface area contributed by atoms with E-state index in [4.69, 9.17) is 21.4 Å². The molecule has 2 aromatic rings. The summed E-state index contributed by atoms with van der Waals surface area (Å²) in [5.74, 6) is 1.89. The normalized spacial score (nSPS) is 35.4. The lowest BCUT2D eigenvalue weighted by atomic mass is 9.53. The zero-order chi connectivity index (χ0) is 24.5. The van der Waals surface area contributed by atoms with Crippen molar-refractivity contribution >= 4 is 28.2 Å². The molecule has 0 spiro atoms. The van der Waals surface area contributed by atoms with Gasteiger partial charge in [-0.3, -0.25) is 4.98 Å². The summed E-state index contributed by atoms with van der Waals surface area (Å²) < 4.78 is 0. The number of aromatic nitrogens is 1. The average Bonchev–Trinajstić information content (AvgIpc) is 2.88. The highest BCUT2D eigenvalue weighted by atomic mass is 35.5. The molecule has 1 aromatic heterocycles. The number of pyridine rings is 1. The first-order chi connectivity index (χ1) is 17.6. The Balaban J connectivity index is 0.864. The Morgan fingerprint density at radius 2 is 1.69 bits per heavy atom. The van der Waals surface area contributed by atoms with Gasteiger partial charge in [-0.25, -0.2) is 9.78 Å². The van der Waals surface area contributed by atoms with Crippen molar-refractivity contribution in [3.8, 4) is 0 Å². The largest absolute Gasteiger partial charge is 0.383 e. The number of halogens is 1. The van der Waals surface area contributed by atoms with Crippen molar-refractivity contribution in [1.82, 2.24) is 10.3 Å². The van der Waals surface area contributed by atoms with Crippen LogP contribution in [0.15, 0.2) is 30.5 Å². The Morgan fingerprint density at radius 1 is 0.944 bits per heavy atom. The molecular formula is C29H40ClN3O3. The van der Waals surface area contributed by atoms with Crippen LogP contribution < -0.4 is 10.6 Å². The van der Waals surface area contributed by atoms with E-state index >= 15 is 0 Å². The molecule has 7 rings (SSSR count). The number of nitrogens with zero attached hydrogens (tertiary/aromatic N) is 1. The number of hydrogen-bond donors (Lipinski definition) is 3. The summed E-state index contributed by atoms with van der Waals surface area (Å²) in [5, 5.41) is 20.2. The van der Waals surface area contributed by atoms with Gasteiger partial charge in [-0.15, -0.1) is 0 Å². The maximum atomic E-state index is 11.3. The number of nitrogens with one attached hydrogen (secondary N) is 2. The van der Waals surface area contributed by atoms with Crippen LogP contribution in [-0.4, -0.2) is 41.6 Å². The van der Waals surface area contributed by atoms with E-state index < -0.39 is 5.79 Å². The smallest absolute Gasteiger partial charge is 0.204 e. The predicted molar refractivity (Wildman–Crippen MR) is 143 cm³/mol. The van der Waals surface area contributed by atoms with Gasteiger partial charge in [-0.2, -0.15) is 0 Å². The van der Waals surface area contributed by atoms with Crippen LogP contribution >= 0.6 is 11.6 Å². The summed E-state index contributed by atoms with van der Waals surface area (Å²) in [4.78, 5) is 16.2. The van der Waals surface area contributed by atoms with Gasteiger partial charge in [-0.05, 0) is 113 Å². The molecule has 5 saturated carbocycles. The Bertz CT molecular complexity index is 1010. The van der Waals surface area contributed by atoms with Crippen LogP contribution in [0.25, 0.3) is 10.9 Å². The standard InChI is InChI=1S/C29H40ClN3O3/c30-24-3-6-26-27(8-10-32-28(26)18-24)33-12-11-31-9-7-19-1-4-25(5-2-19)35-36-29(34)22-14-20-13-21(16-22)17-23(29)15-20/h3,6,8,10,18-23,25,31,34H,1-2,4-5,7,9,11-17H2,(H,32,33). The van der Waals surface area contributed by atoms with Gasteiger partial charge in [0.2, 0.25) is 5.79 Å². The maximum absolute atomic E-state index is 11.3. The van der Waals surface area contributed by atoms with E-state index in [-0.39, 0.29) is 17.9 Å². The highest BCUT2D eigenvalue weighted by molar-refractivity contribution is 6.31. The number of aliphatic hydroxyl groups is 1. The highest BCUT2D eigenvalue weighted by Crippen LogP contribution is 2.58. The summed E-state index contributed by atoms with van der Waals surface area (Å²) >= 11 is 6.09. The van der Waals surface area contributed by atoms with Crippen LogP contribution in [0.3, 0.4) is 0 Å². The van der Waals surface area contributed by atoms with E-state index in [9.17, 15) is 5.11 Å². The molecule has 0 aliphatic heterocycles. The third kappa shape index (κ3) is 5.25. The molecule has 6 nitrogen and oxygen atoms in total. The Morgan fingerprint density at radius 3 is 2.44 bits per heavy atom. The van der Waals surface area contributed by atoms with Crippen molar-refractivity contribution in [3.63, 3.8) is 0 Å². The predicted octanol–water partition coefficient (Wildman–Crippen LogP) is 5.93. The molecule has 196 valence electrons. The van der Waals surface area contributed by atoms with Crippen molar-refractivity contribution in [2.24, 2.45) is 29.6 Å². The van der Waals surface area contributed by atoms with Crippen LogP contribution in [0.5, 0.6) is 0 Å². The van der Waals surface area contributed by atoms with Crippen LogP contribution in [0.1, 0.15) is 64.2 Å². The van der Waals surface area contributed by atoms with E-state index in [1.54, 1.807) is 0 Å². The van der Waals surface area contributed by atoms with Gasteiger partial charge < -0.3 is 15.7 Å². The Labute approximate surface area is 219 Å². The van der Waals surface area contributed by atoms with Crippen molar-refractivity contribution < 1.29 is 14.9 Å². The SMILES string of the molecule is OC1(OOC2CCC(CCNCCNc3ccnc4cc(Cl)ccc34)CC2)C2CC3CC(C2)CC1C3. The summed E-state index contributed by atoms with van der Waals surface area (Å²) in [7, 11) is 0. The van der Waals surface area contributed by atoms with Crippen molar-refractivity contribution in [2.45, 2.75) is 76.1 Å². The first kappa shape index (κ1) is 24.9. The van der Waals surface area contributed by atoms with Crippen LogP contribution in [0.2, 0.25) is 5.02 Å². The summed E-state index contributed by atoms with van der Waals surface area (Å²) in [6, 6.07) is 7.85. The molecule has 0 amide bonds.